The maximum absolute atomic E-state index is 12.1. The lowest BCUT2D eigenvalue weighted by atomic mass is 10.1. The van der Waals surface area contributed by atoms with Crippen LogP contribution in [0.5, 0.6) is 5.75 Å². The van der Waals surface area contributed by atoms with Gasteiger partial charge in [0.05, 0.1) is 18.4 Å². The third kappa shape index (κ3) is 6.45. The van der Waals surface area contributed by atoms with Crippen LogP contribution in [0.4, 0.5) is 5.69 Å². The summed E-state index contributed by atoms with van der Waals surface area (Å²) in [5, 5.41) is 6.25. The number of aromatic nitrogens is 1. The third-order valence-corrected chi connectivity index (χ3v) is 3.97. The van der Waals surface area contributed by atoms with E-state index in [9.17, 15) is 4.79 Å². The second kappa shape index (κ2) is 10.3. The summed E-state index contributed by atoms with van der Waals surface area (Å²) in [4.78, 5) is 16.3. The van der Waals surface area contributed by atoms with Crippen LogP contribution < -0.4 is 15.4 Å². The molecule has 2 rings (SSSR count). The fourth-order valence-electron chi connectivity index (χ4n) is 2.48. The van der Waals surface area contributed by atoms with E-state index in [1.165, 1.54) is 5.56 Å². The van der Waals surface area contributed by atoms with Gasteiger partial charge in [-0.05, 0) is 36.6 Å². The zero-order valence-corrected chi connectivity index (χ0v) is 15.0. The predicted octanol–water partition coefficient (Wildman–Crippen LogP) is 3.66. The smallest absolute Gasteiger partial charge is 0.252 e. The molecule has 0 aliphatic heterocycles. The maximum atomic E-state index is 12.1. The highest BCUT2D eigenvalue weighted by atomic mass is 16.5. The molecule has 0 aliphatic rings. The fraction of sp³-hybridized carbons (Fsp3) is 0.400. The lowest BCUT2D eigenvalue weighted by Gasteiger charge is -2.09. The molecule has 2 aromatic rings. The van der Waals surface area contributed by atoms with Gasteiger partial charge in [0.25, 0.3) is 5.91 Å². The molecule has 0 atom stereocenters. The number of methoxy groups -OCH3 is 1. The van der Waals surface area contributed by atoms with Crippen molar-refractivity contribution in [2.75, 3.05) is 25.5 Å². The Hall–Kier alpha value is -2.56. The van der Waals surface area contributed by atoms with E-state index < -0.39 is 0 Å². The Labute approximate surface area is 149 Å². The molecule has 2 N–H and O–H groups in total. The number of hydrogen-bond donors (Lipinski definition) is 2. The highest BCUT2D eigenvalue weighted by molar-refractivity contribution is 5.94. The number of carbonyl (C=O) groups is 1. The predicted molar refractivity (Wildman–Crippen MR) is 101 cm³/mol. The van der Waals surface area contributed by atoms with Crippen molar-refractivity contribution in [1.29, 1.82) is 0 Å². The molecular formula is C20H27N3O2. The van der Waals surface area contributed by atoms with E-state index in [4.69, 9.17) is 4.74 Å². The molecule has 25 heavy (non-hydrogen) atoms. The molecule has 0 fully saturated rings. The molecule has 0 saturated heterocycles. The van der Waals surface area contributed by atoms with Gasteiger partial charge in [0.2, 0.25) is 0 Å². The summed E-state index contributed by atoms with van der Waals surface area (Å²) in [5.41, 5.74) is 2.67. The lowest BCUT2D eigenvalue weighted by molar-refractivity contribution is 0.0952. The fourth-order valence-corrected chi connectivity index (χ4v) is 2.48. The Morgan fingerprint density at radius 1 is 1.12 bits per heavy atom. The van der Waals surface area contributed by atoms with Crippen LogP contribution in [0.3, 0.4) is 0 Å². The standard InChI is InChI=1S/C20H27N3O2/c1-3-4-5-11-23-20(24)17-13-18(15-21-14-17)22-12-10-16-6-8-19(25-2)9-7-16/h6-9,13-15,22H,3-5,10-12H2,1-2H3,(H,23,24). The number of benzene rings is 1. The lowest BCUT2D eigenvalue weighted by Crippen LogP contribution is -2.24. The SMILES string of the molecule is CCCCCNC(=O)c1cncc(NCCc2ccc(OC)cc2)c1. The monoisotopic (exact) mass is 341 g/mol. The number of hydrogen-bond acceptors (Lipinski definition) is 4. The van der Waals surface area contributed by atoms with Crippen molar-refractivity contribution in [1.82, 2.24) is 10.3 Å². The minimum atomic E-state index is -0.0672. The first-order chi connectivity index (χ1) is 12.2. The summed E-state index contributed by atoms with van der Waals surface area (Å²) in [5.74, 6) is 0.793. The zero-order chi connectivity index (χ0) is 17.9. The average Bonchev–Trinajstić information content (AvgIpc) is 2.66. The first-order valence-electron chi connectivity index (χ1n) is 8.83. The Balaban J connectivity index is 1.80. The van der Waals surface area contributed by atoms with E-state index in [1.807, 2.05) is 18.2 Å². The van der Waals surface area contributed by atoms with Gasteiger partial charge in [-0.25, -0.2) is 0 Å². The number of rotatable bonds is 10. The van der Waals surface area contributed by atoms with Crippen LogP contribution in [0.2, 0.25) is 0 Å². The van der Waals surface area contributed by atoms with Crippen molar-refractivity contribution in [3.8, 4) is 5.75 Å². The summed E-state index contributed by atoms with van der Waals surface area (Å²) < 4.78 is 5.16. The highest BCUT2D eigenvalue weighted by Gasteiger charge is 2.06. The van der Waals surface area contributed by atoms with E-state index in [-0.39, 0.29) is 5.91 Å². The van der Waals surface area contributed by atoms with Crippen molar-refractivity contribution in [2.24, 2.45) is 0 Å². The number of nitrogens with one attached hydrogen (secondary N) is 2. The molecule has 1 aromatic carbocycles. The molecule has 5 heteroatoms. The second-order valence-electron chi connectivity index (χ2n) is 5.95. The molecule has 0 aliphatic carbocycles. The molecule has 0 unspecified atom stereocenters. The highest BCUT2D eigenvalue weighted by Crippen LogP contribution is 2.13. The van der Waals surface area contributed by atoms with Crippen LogP contribution >= 0.6 is 0 Å². The zero-order valence-electron chi connectivity index (χ0n) is 15.0. The molecule has 5 nitrogen and oxygen atoms in total. The van der Waals surface area contributed by atoms with Gasteiger partial charge in [0.1, 0.15) is 5.75 Å². The Morgan fingerprint density at radius 3 is 2.64 bits per heavy atom. The second-order valence-corrected chi connectivity index (χ2v) is 5.95. The summed E-state index contributed by atoms with van der Waals surface area (Å²) in [6, 6.07) is 9.87. The van der Waals surface area contributed by atoms with E-state index in [0.29, 0.717) is 12.1 Å². The van der Waals surface area contributed by atoms with Crippen LogP contribution in [0.25, 0.3) is 0 Å². The number of anilines is 1. The van der Waals surface area contributed by atoms with Gasteiger partial charge in [-0.3, -0.25) is 9.78 Å². The molecule has 1 amide bonds. The van der Waals surface area contributed by atoms with Gasteiger partial charge in [-0.1, -0.05) is 31.9 Å². The first-order valence-corrected chi connectivity index (χ1v) is 8.83. The van der Waals surface area contributed by atoms with Crippen molar-refractivity contribution in [3.05, 3.63) is 53.9 Å². The van der Waals surface area contributed by atoms with Crippen LogP contribution in [0.1, 0.15) is 42.1 Å². The third-order valence-electron chi connectivity index (χ3n) is 3.97. The molecule has 0 spiro atoms. The molecule has 0 saturated carbocycles. The maximum Gasteiger partial charge on any atom is 0.252 e. The summed E-state index contributed by atoms with van der Waals surface area (Å²) in [6.07, 6.45) is 7.51. The van der Waals surface area contributed by atoms with Gasteiger partial charge >= 0.3 is 0 Å². The number of carbonyl (C=O) groups excluding carboxylic acids is 1. The van der Waals surface area contributed by atoms with Gasteiger partial charge < -0.3 is 15.4 Å². The summed E-state index contributed by atoms with van der Waals surface area (Å²) in [7, 11) is 1.66. The summed E-state index contributed by atoms with van der Waals surface area (Å²) >= 11 is 0. The molecule has 134 valence electrons. The quantitative estimate of drug-likeness (QED) is 0.647. The van der Waals surface area contributed by atoms with Gasteiger partial charge in [0.15, 0.2) is 0 Å². The van der Waals surface area contributed by atoms with Crippen molar-refractivity contribution in [3.63, 3.8) is 0 Å². The minimum absolute atomic E-state index is 0.0672. The number of nitrogens with zero attached hydrogens (tertiary/aromatic N) is 1. The van der Waals surface area contributed by atoms with E-state index >= 15 is 0 Å². The van der Waals surface area contributed by atoms with Crippen LogP contribution in [0, 0.1) is 0 Å². The van der Waals surface area contributed by atoms with Crippen molar-refractivity contribution >= 4 is 11.6 Å². The number of pyridine rings is 1. The van der Waals surface area contributed by atoms with Crippen LogP contribution in [-0.2, 0) is 6.42 Å². The first kappa shape index (κ1) is 18.8. The largest absolute Gasteiger partial charge is 0.497 e. The number of unbranched alkanes of at least 4 members (excludes halogenated alkanes) is 2. The average molecular weight is 341 g/mol. The van der Waals surface area contributed by atoms with E-state index in [0.717, 1.165) is 43.7 Å². The minimum Gasteiger partial charge on any atom is -0.497 e. The van der Waals surface area contributed by atoms with Crippen molar-refractivity contribution < 1.29 is 9.53 Å². The van der Waals surface area contributed by atoms with Crippen LogP contribution in [0.15, 0.2) is 42.7 Å². The normalized spacial score (nSPS) is 10.3. The molecular weight excluding hydrogens is 314 g/mol. The molecule has 0 bridgehead atoms. The van der Waals surface area contributed by atoms with E-state index in [1.54, 1.807) is 19.5 Å². The Bertz CT molecular complexity index is 656. The molecule has 1 aromatic heterocycles. The topological polar surface area (TPSA) is 63.2 Å². The van der Waals surface area contributed by atoms with E-state index in [2.05, 4.69) is 34.7 Å². The Kier molecular flexibility index (Phi) is 7.76. The van der Waals surface area contributed by atoms with Crippen molar-refractivity contribution in [2.45, 2.75) is 32.6 Å². The Morgan fingerprint density at radius 2 is 1.92 bits per heavy atom. The molecule has 1 heterocycles. The summed E-state index contributed by atoms with van der Waals surface area (Å²) in [6.45, 7) is 3.63. The van der Waals surface area contributed by atoms with Gasteiger partial charge in [-0.2, -0.15) is 0 Å². The van der Waals surface area contributed by atoms with Gasteiger partial charge in [-0.15, -0.1) is 0 Å². The van der Waals surface area contributed by atoms with Crippen LogP contribution in [-0.4, -0.2) is 31.1 Å². The number of amides is 1. The number of ether oxygens (including phenoxy) is 1. The van der Waals surface area contributed by atoms with Gasteiger partial charge in [0, 0.05) is 25.5 Å². The molecule has 0 radical (unpaired) electrons.